The first-order valence-corrected chi connectivity index (χ1v) is 30.1. The number of rotatable bonds is 7. The fourth-order valence-electron chi connectivity index (χ4n) is 12.5. The van der Waals surface area contributed by atoms with Gasteiger partial charge in [0, 0.05) is 44.3 Å². The number of para-hydroxylation sites is 2. The maximum absolute atomic E-state index is 9.49. The SMILES string of the molecule is [2H]c1c([2H])c([2H])c(-c2cccc3c2-c2ccccc2-c2cc(-c4cc(C(C)(C)C)cc(C(C)(C)C)c4)cc4c2[n+]([c-]n4-c2[c-]c(Oc4[c-]c5c(cc4)c4ccccc4n5-c4cc(C(C)(C)C)ccn4)ccc2)-c2c(-c4ccc(C(C)(C)C)cc4)cccc2-3)c([2H])c1[2H].[Pt]. The van der Waals surface area contributed by atoms with Crippen LogP contribution >= 0.6 is 0 Å². The van der Waals surface area contributed by atoms with Gasteiger partial charge in [0.05, 0.1) is 23.6 Å². The van der Waals surface area contributed by atoms with Crippen molar-refractivity contribution < 1.29 is 37.2 Å². The quantitative estimate of drug-likeness (QED) is 0.118. The van der Waals surface area contributed by atoms with E-state index in [0.29, 0.717) is 22.7 Å². The van der Waals surface area contributed by atoms with E-state index >= 15 is 0 Å². The van der Waals surface area contributed by atoms with Gasteiger partial charge in [-0.2, -0.15) is 18.2 Å². The van der Waals surface area contributed by atoms with Gasteiger partial charge in [0.15, 0.2) is 0 Å². The number of hydrogen-bond acceptors (Lipinski definition) is 2. The Balaban J connectivity index is 0.00000787. The molecule has 13 aromatic rings. The minimum atomic E-state index is -0.440. The zero-order valence-electron chi connectivity index (χ0n) is 56.9. The van der Waals surface area contributed by atoms with Crippen LogP contribution in [-0.4, -0.2) is 14.1 Å². The van der Waals surface area contributed by atoms with Crippen LogP contribution in [-0.2, 0) is 42.7 Å². The van der Waals surface area contributed by atoms with E-state index in [9.17, 15) is 2.74 Å². The van der Waals surface area contributed by atoms with Crippen molar-refractivity contribution in [2.75, 3.05) is 0 Å². The Kier molecular flexibility index (Phi) is 12.9. The van der Waals surface area contributed by atoms with Crippen LogP contribution in [0.25, 0.3) is 117 Å². The first kappa shape index (κ1) is 52.3. The second-order valence-corrected chi connectivity index (χ2v) is 27.4. The second-order valence-electron chi connectivity index (χ2n) is 27.4. The molecule has 5 nitrogen and oxygen atoms in total. The third kappa shape index (κ3) is 10.3. The molecule has 0 unspecified atom stereocenters. The Morgan fingerprint density at radius 2 is 1.06 bits per heavy atom. The van der Waals surface area contributed by atoms with E-state index in [4.69, 9.17) is 13.8 Å². The van der Waals surface area contributed by atoms with Gasteiger partial charge in [0.2, 0.25) is 0 Å². The Morgan fingerprint density at radius 1 is 0.443 bits per heavy atom. The number of pyridine rings is 1. The molecule has 0 aliphatic carbocycles. The Labute approximate surface area is 540 Å². The maximum atomic E-state index is 9.49. The van der Waals surface area contributed by atoms with Crippen LogP contribution in [0.4, 0.5) is 0 Å². The predicted octanol–water partition coefficient (Wildman–Crippen LogP) is 21.1. The normalized spacial score (nSPS) is 13.2. The summed E-state index contributed by atoms with van der Waals surface area (Å²) in [4.78, 5) is 4.93. The molecule has 3 aromatic heterocycles. The number of imidazole rings is 1. The van der Waals surface area contributed by atoms with Crippen molar-refractivity contribution in [3.05, 3.63) is 259 Å². The van der Waals surface area contributed by atoms with Gasteiger partial charge in [-0.05, 0) is 146 Å². The number of ether oxygens (including phenoxy) is 1. The summed E-state index contributed by atoms with van der Waals surface area (Å²) in [5, 5.41) is 2.13. The van der Waals surface area contributed by atoms with Crippen molar-refractivity contribution in [2.45, 2.75) is 105 Å². The minimum Gasteiger partial charge on any atom is -0.510 e. The Bertz CT molecular complexity index is 5120. The van der Waals surface area contributed by atoms with Crippen LogP contribution in [0.3, 0.4) is 0 Å². The van der Waals surface area contributed by atoms with Crippen LogP contribution in [0.5, 0.6) is 11.5 Å². The molecule has 88 heavy (non-hydrogen) atoms. The van der Waals surface area contributed by atoms with Crippen LogP contribution in [0.15, 0.2) is 218 Å². The zero-order chi connectivity index (χ0) is 64.7. The van der Waals surface area contributed by atoms with Crippen LogP contribution in [0.2, 0.25) is 0 Å². The largest absolute Gasteiger partial charge is 0.510 e. The molecule has 0 amide bonds. The first-order valence-electron chi connectivity index (χ1n) is 32.6. The summed E-state index contributed by atoms with van der Waals surface area (Å²) in [6.07, 6.45) is 5.90. The van der Waals surface area contributed by atoms with Crippen molar-refractivity contribution >= 4 is 32.8 Å². The summed E-state index contributed by atoms with van der Waals surface area (Å²) >= 11 is 0. The van der Waals surface area contributed by atoms with Crippen LogP contribution < -0.4 is 9.30 Å². The van der Waals surface area contributed by atoms with Crippen molar-refractivity contribution in [2.24, 2.45) is 0 Å². The maximum Gasteiger partial charge on any atom is 0.268 e. The molecule has 0 saturated carbocycles. The van der Waals surface area contributed by atoms with Gasteiger partial charge in [-0.1, -0.05) is 246 Å². The predicted molar refractivity (Wildman–Crippen MR) is 361 cm³/mol. The second kappa shape index (κ2) is 21.8. The van der Waals surface area contributed by atoms with Gasteiger partial charge in [0.25, 0.3) is 6.33 Å². The molecular weight excluding hydrogens is 1250 g/mol. The number of nitrogens with zero attached hydrogens (tertiary/aromatic N) is 4. The molecule has 4 heterocycles. The monoisotopic (exact) mass is 1330 g/mol. The van der Waals surface area contributed by atoms with Crippen molar-refractivity contribution in [3.8, 4) is 95.5 Å². The van der Waals surface area contributed by atoms with Gasteiger partial charge < -0.3 is 13.9 Å². The van der Waals surface area contributed by atoms with Crippen molar-refractivity contribution in [3.63, 3.8) is 0 Å². The minimum absolute atomic E-state index is 0. The molecule has 0 fully saturated rings. The van der Waals surface area contributed by atoms with Crippen LogP contribution in [0, 0.1) is 18.5 Å². The number of fused-ring (bicyclic) bond motifs is 10. The Hall–Kier alpha value is -8.89. The van der Waals surface area contributed by atoms with E-state index in [0.717, 1.165) is 100.0 Å². The summed E-state index contributed by atoms with van der Waals surface area (Å²) in [5.41, 5.74) is 19.1. The van der Waals surface area contributed by atoms with Gasteiger partial charge in [-0.3, -0.25) is 4.57 Å². The van der Waals surface area contributed by atoms with E-state index in [-0.39, 0.29) is 60.4 Å². The van der Waals surface area contributed by atoms with E-state index < -0.39 is 18.1 Å². The number of hydrogen-bond donors (Lipinski definition) is 0. The Morgan fingerprint density at radius 3 is 1.77 bits per heavy atom. The number of benzene rings is 10. The van der Waals surface area contributed by atoms with Gasteiger partial charge in [-0.25, -0.2) is 4.98 Å². The van der Waals surface area contributed by atoms with E-state index in [1.807, 2.05) is 42.6 Å². The van der Waals surface area contributed by atoms with Gasteiger partial charge in [-0.15, -0.1) is 29.7 Å². The molecule has 0 spiro atoms. The molecule has 0 N–H and O–H groups in total. The fourth-order valence-corrected chi connectivity index (χ4v) is 12.5. The fraction of sp³-hybridized carbons (Fsp3) is 0.195. The molecule has 438 valence electrons. The summed E-state index contributed by atoms with van der Waals surface area (Å²) in [6, 6.07) is 69.5. The number of aromatic nitrogens is 4. The standard InChI is InChI=1S/C82H72N4O.Pt/c1-79(2,3)56-37-35-53(36-38-56)64-31-22-33-70-69-32-21-30-63(52-23-14-13-15-24-52)76(69)68-29-17-16-27-65(68)71-45-55(54-43-58(81(7,8)9)47-59(44-54)82(10,11)12)46-74-78(71)85(77(64)70)51-84(74)60-25-20-26-61(49-60)87-62-39-40-67-66-28-18-19-34-72(66)86(73(67)50-62)75-48-57(41-42-83-75)80(4,5)6;/h13-48H,1-12H3;/q-2;/i13D,14D,15D,23D,24D;. The molecule has 6 heteroatoms. The molecule has 0 radical (unpaired) electrons. The third-order valence-electron chi connectivity index (χ3n) is 17.3. The molecule has 0 bridgehead atoms. The smallest absolute Gasteiger partial charge is 0.268 e. The van der Waals surface area contributed by atoms with Gasteiger partial charge in [0.1, 0.15) is 5.82 Å². The van der Waals surface area contributed by atoms with Gasteiger partial charge >= 0.3 is 0 Å². The molecule has 10 aromatic carbocycles. The van der Waals surface area contributed by atoms with Crippen LogP contribution in [0.1, 0.15) is 112 Å². The molecule has 14 rings (SSSR count). The molecule has 1 aliphatic rings. The molecule has 0 atom stereocenters. The summed E-state index contributed by atoms with van der Waals surface area (Å²) in [7, 11) is 0. The van der Waals surface area contributed by atoms with E-state index in [2.05, 4.69) is 261 Å². The molecule has 1 aliphatic heterocycles. The third-order valence-corrected chi connectivity index (χ3v) is 17.3. The van der Waals surface area contributed by atoms with E-state index in [1.54, 1.807) is 0 Å². The average Bonchev–Trinajstić information content (AvgIpc) is 1.62. The molecule has 0 saturated heterocycles. The summed E-state index contributed by atoms with van der Waals surface area (Å²) in [5.74, 6) is 1.81. The first-order chi connectivity index (χ1) is 43.7. The summed E-state index contributed by atoms with van der Waals surface area (Å²) in [6.45, 7) is 26.9. The molecular formula is C82H72N4OPt-2. The van der Waals surface area contributed by atoms with Crippen molar-refractivity contribution in [1.29, 1.82) is 0 Å². The zero-order valence-corrected chi connectivity index (χ0v) is 54.2. The van der Waals surface area contributed by atoms with E-state index in [1.165, 1.54) is 22.3 Å². The average molecular weight is 1330 g/mol. The van der Waals surface area contributed by atoms with Crippen molar-refractivity contribution in [1.82, 2.24) is 14.1 Å². The summed E-state index contributed by atoms with van der Waals surface area (Å²) < 4.78 is 59.0. The topological polar surface area (TPSA) is 35.9 Å².